The lowest BCUT2D eigenvalue weighted by molar-refractivity contribution is 0.167. The average Bonchev–Trinajstić information content (AvgIpc) is 3.05. The molecule has 2 aromatic carbocycles. The van der Waals surface area contributed by atoms with Gasteiger partial charge in [-0.25, -0.2) is 0 Å². The molecule has 0 bridgehead atoms. The first-order valence-corrected chi connectivity index (χ1v) is 8.08. The minimum Gasteiger partial charge on any atom is -0.395 e. The fraction of sp³-hybridized carbons (Fsp3) is 0.222. The van der Waals surface area contributed by atoms with Gasteiger partial charge in [0.15, 0.2) is 0 Å². The Morgan fingerprint density at radius 2 is 1.75 bits per heavy atom. The van der Waals surface area contributed by atoms with Gasteiger partial charge in [-0.05, 0) is 29.8 Å². The van der Waals surface area contributed by atoms with Crippen molar-refractivity contribution < 1.29 is 9.63 Å². The smallest absolute Gasteiger partial charge is 0.241 e. The lowest BCUT2D eigenvalue weighted by atomic mass is 10.2. The molecule has 5 nitrogen and oxygen atoms in total. The topological polar surface area (TPSA) is 62.4 Å². The summed E-state index contributed by atoms with van der Waals surface area (Å²) in [5.74, 6) is 1.05. The molecule has 3 aromatic rings. The van der Waals surface area contributed by atoms with Crippen LogP contribution in [0.4, 0.5) is 0 Å². The van der Waals surface area contributed by atoms with Crippen LogP contribution in [0.15, 0.2) is 59.1 Å². The van der Waals surface area contributed by atoms with Crippen molar-refractivity contribution >= 4 is 11.6 Å². The van der Waals surface area contributed by atoms with Crippen LogP contribution in [0.3, 0.4) is 0 Å². The quantitative estimate of drug-likeness (QED) is 0.712. The minimum atomic E-state index is 0.0744. The zero-order valence-corrected chi connectivity index (χ0v) is 13.9. The third-order valence-corrected chi connectivity index (χ3v) is 3.85. The zero-order valence-electron chi connectivity index (χ0n) is 13.1. The highest BCUT2D eigenvalue weighted by molar-refractivity contribution is 6.30. The highest BCUT2D eigenvalue weighted by atomic mass is 35.5. The van der Waals surface area contributed by atoms with Crippen LogP contribution in [0.25, 0.3) is 11.4 Å². The van der Waals surface area contributed by atoms with Gasteiger partial charge in [-0.3, -0.25) is 4.90 Å². The fourth-order valence-corrected chi connectivity index (χ4v) is 2.55. The predicted molar refractivity (Wildman–Crippen MR) is 92.4 cm³/mol. The van der Waals surface area contributed by atoms with Crippen LogP contribution in [-0.2, 0) is 13.1 Å². The normalized spacial score (nSPS) is 11.1. The van der Waals surface area contributed by atoms with Gasteiger partial charge in [0.1, 0.15) is 0 Å². The van der Waals surface area contributed by atoms with E-state index in [1.54, 1.807) is 12.1 Å². The average molecular weight is 344 g/mol. The number of aliphatic hydroxyl groups is 1. The number of hydrogen-bond donors (Lipinski definition) is 1. The van der Waals surface area contributed by atoms with E-state index < -0.39 is 0 Å². The molecule has 0 aliphatic heterocycles. The number of nitrogens with zero attached hydrogens (tertiary/aromatic N) is 3. The molecule has 6 heteroatoms. The number of aliphatic hydroxyl groups excluding tert-OH is 1. The maximum atomic E-state index is 9.28. The first-order chi connectivity index (χ1) is 11.7. The molecule has 0 aliphatic rings. The summed E-state index contributed by atoms with van der Waals surface area (Å²) in [6.07, 6.45) is 0. The summed E-state index contributed by atoms with van der Waals surface area (Å²) in [5.41, 5.74) is 2.02. The van der Waals surface area contributed by atoms with Gasteiger partial charge in [-0.1, -0.05) is 47.1 Å². The molecule has 0 unspecified atom stereocenters. The van der Waals surface area contributed by atoms with Gasteiger partial charge in [0.2, 0.25) is 11.7 Å². The predicted octanol–water partition coefficient (Wildman–Crippen LogP) is 3.38. The van der Waals surface area contributed by atoms with Crippen molar-refractivity contribution in [2.45, 2.75) is 13.1 Å². The number of aromatic nitrogens is 2. The number of hydrogen-bond acceptors (Lipinski definition) is 5. The highest BCUT2D eigenvalue weighted by Crippen LogP contribution is 2.19. The van der Waals surface area contributed by atoms with E-state index in [0.717, 1.165) is 5.56 Å². The van der Waals surface area contributed by atoms with Crippen LogP contribution in [-0.4, -0.2) is 33.3 Å². The molecular weight excluding hydrogens is 326 g/mol. The molecule has 0 radical (unpaired) electrons. The van der Waals surface area contributed by atoms with E-state index in [1.165, 1.54) is 5.56 Å². The van der Waals surface area contributed by atoms with Gasteiger partial charge in [-0.15, -0.1) is 0 Å². The first kappa shape index (κ1) is 16.6. The van der Waals surface area contributed by atoms with E-state index in [-0.39, 0.29) is 6.61 Å². The SMILES string of the molecule is OCCN(Cc1ccccc1)Cc1nc(-c2ccc(Cl)cc2)no1. The van der Waals surface area contributed by atoms with E-state index >= 15 is 0 Å². The van der Waals surface area contributed by atoms with Crippen LogP contribution >= 0.6 is 11.6 Å². The minimum absolute atomic E-state index is 0.0744. The van der Waals surface area contributed by atoms with Crippen molar-refractivity contribution in [2.24, 2.45) is 0 Å². The Kier molecular flexibility index (Phi) is 5.59. The maximum Gasteiger partial charge on any atom is 0.241 e. The lowest BCUT2D eigenvalue weighted by Crippen LogP contribution is -2.26. The number of rotatable bonds is 7. The molecule has 1 aromatic heterocycles. The third kappa shape index (κ3) is 4.41. The molecule has 0 amide bonds. The Morgan fingerprint density at radius 3 is 2.46 bits per heavy atom. The van der Waals surface area contributed by atoms with Crippen LogP contribution in [0.5, 0.6) is 0 Å². The van der Waals surface area contributed by atoms with Gasteiger partial charge >= 0.3 is 0 Å². The molecule has 0 fully saturated rings. The van der Waals surface area contributed by atoms with E-state index in [9.17, 15) is 5.11 Å². The molecule has 3 rings (SSSR count). The monoisotopic (exact) mass is 343 g/mol. The third-order valence-electron chi connectivity index (χ3n) is 3.59. The molecule has 1 N–H and O–H groups in total. The molecular formula is C18H18ClN3O2. The summed E-state index contributed by atoms with van der Waals surface area (Å²) in [6, 6.07) is 17.4. The second kappa shape index (κ2) is 8.06. The van der Waals surface area contributed by atoms with Crippen LogP contribution < -0.4 is 0 Å². The van der Waals surface area contributed by atoms with E-state index in [0.29, 0.717) is 36.4 Å². The van der Waals surface area contributed by atoms with Crippen molar-refractivity contribution in [3.05, 3.63) is 71.1 Å². The maximum absolute atomic E-state index is 9.28. The molecule has 0 atom stereocenters. The summed E-state index contributed by atoms with van der Waals surface area (Å²) in [5, 5.41) is 14.0. The fourth-order valence-electron chi connectivity index (χ4n) is 2.42. The number of halogens is 1. The van der Waals surface area contributed by atoms with Gasteiger partial charge in [0.05, 0.1) is 13.2 Å². The van der Waals surface area contributed by atoms with Crippen molar-refractivity contribution in [1.82, 2.24) is 15.0 Å². The first-order valence-electron chi connectivity index (χ1n) is 7.70. The van der Waals surface area contributed by atoms with Crippen molar-refractivity contribution in [3.63, 3.8) is 0 Å². The Hall–Kier alpha value is -2.21. The van der Waals surface area contributed by atoms with Crippen molar-refractivity contribution in [1.29, 1.82) is 0 Å². The second-order valence-electron chi connectivity index (χ2n) is 5.44. The summed E-state index contributed by atoms with van der Waals surface area (Å²) in [4.78, 5) is 6.49. The zero-order chi connectivity index (χ0) is 16.8. The summed E-state index contributed by atoms with van der Waals surface area (Å²) in [7, 11) is 0. The van der Waals surface area contributed by atoms with E-state index in [1.807, 2.05) is 30.3 Å². The highest BCUT2D eigenvalue weighted by Gasteiger charge is 2.13. The molecule has 0 saturated carbocycles. The molecule has 124 valence electrons. The lowest BCUT2D eigenvalue weighted by Gasteiger charge is -2.19. The standard InChI is InChI=1S/C18H18ClN3O2/c19-16-8-6-15(7-9-16)18-20-17(24-21-18)13-22(10-11-23)12-14-4-2-1-3-5-14/h1-9,23H,10-13H2. The Bertz CT molecular complexity index is 759. The van der Waals surface area contributed by atoms with Crippen molar-refractivity contribution in [2.75, 3.05) is 13.2 Å². The largest absolute Gasteiger partial charge is 0.395 e. The molecule has 24 heavy (non-hydrogen) atoms. The Labute approximate surface area is 145 Å². The Morgan fingerprint density at radius 1 is 1.00 bits per heavy atom. The summed E-state index contributed by atoms with van der Waals surface area (Å²) in [6.45, 7) is 1.80. The second-order valence-corrected chi connectivity index (χ2v) is 5.87. The van der Waals surface area contributed by atoms with Gasteiger partial charge < -0.3 is 9.63 Å². The number of benzene rings is 2. The van der Waals surface area contributed by atoms with Crippen molar-refractivity contribution in [3.8, 4) is 11.4 Å². The summed E-state index contributed by atoms with van der Waals surface area (Å²) < 4.78 is 5.35. The molecule has 0 spiro atoms. The Balaban J connectivity index is 1.70. The van der Waals surface area contributed by atoms with Crippen LogP contribution in [0.1, 0.15) is 11.5 Å². The molecule has 1 heterocycles. The molecule has 0 aliphatic carbocycles. The van der Waals surface area contributed by atoms with Crippen LogP contribution in [0, 0.1) is 0 Å². The molecule has 0 saturated heterocycles. The van der Waals surface area contributed by atoms with Gasteiger partial charge in [-0.2, -0.15) is 4.98 Å². The summed E-state index contributed by atoms with van der Waals surface area (Å²) >= 11 is 5.89. The van der Waals surface area contributed by atoms with E-state index in [4.69, 9.17) is 16.1 Å². The van der Waals surface area contributed by atoms with E-state index in [2.05, 4.69) is 27.2 Å². The van der Waals surface area contributed by atoms with Gasteiger partial charge in [0.25, 0.3) is 0 Å². The van der Waals surface area contributed by atoms with Crippen LogP contribution in [0.2, 0.25) is 5.02 Å². The van der Waals surface area contributed by atoms with Gasteiger partial charge in [0, 0.05) is 23.7 Å².